The Kier molecular flexibility index (Phi) is 6.22. The fourth-order valence-corrected chi connectivity index (χ4v) is 3.51. The van der Waals surface area contributed by atoms with Crippen molar-refractivity contribution in [1.82, 2.24) is 14.3 Å². The Morgan fingerprint density at radius 2 is 1.73 bits per heavy atom. The Morgan fingerprint density at radius 3 is 2.33 bits per heavy atom. The third-order valence-electron chi connectivity index (χ3n) is 4.90. The van der Waals surface area contributed by atoms with Gasteiger partial charge in [0, 0.05) is 40.3 Å². The van der Waals surface area contributed by atoms with Gasteiger partial charge in [0.1, 0.15) is 0 Å². The van der Waals surface area contributed by atoms with Crippen molar-refractivity contribution in [3.05, 3.63) is 80.0 Å². The van der Waals surface area contributed by atoms with Crippen LogP contribution in [0, 0.1) is 20.8 Å². The zero-order valence-electron chi connectivity index (χ0n) is 17.2. The SMILES string of the molecule is CCn1c(C)cc(C(=O)COC(=O)c2nn(-c3ccc(Cl)cc3)c(C)cc2=O)c1C. The molecule has 8 heteroatoms. The normalized spacial score (nSPS) is 10.8. The first-order valence-corrected chi connectivity index (χ1v) is 9.84. The minimum Gasteiger partial charge on any atom is -0.452 e. The quantitative estimate of drug-likeness (QED) is 0.442. The van der Waals surface area contributed by atoms with Crippen LogP contribution in [0.4, 0.5) is 0 Å². The summed E-state index contributed by atoms with van der Waals surface area (Å²) < 4.78 is 8.57. The highest BCUT2D eigenvalue weighted by Gasteiger charge is 2.20. The molecular formula is C22H22ClN3O4. The number of aryl methyl sites for hydroxylation is 2. The highest BCUT2D eigenvalue weighted by Crippen LogP contribution is 2.16. The molecule has 0 aliphatic heterocycles. The monoisotopic (exact) mass is 427 g/mol. The van der Waals surface area contributed by atoms with E-state index in [1.807, 2.05) is 25.3 Å². The first kappa shape index (κ1) is 21.5. The number of carbonyl (C=O) groups excluding carboxylic acids is 2. The van der Waals surface area contributed by atoms with Crippen molar-refractivity contribution in [2.45, 2.75) is 34.2 Å². The van der Waals surface area contributed by atoms with E-state index in [1.54, 1.807) is 37.3 Å². The second-order valence-electron chi connectivity index (χ2n) is 6.92. The van der Waals surface area contributed by atoms with E-state index in [2.05, 4.69) is 5.10 Å². The summed E-state index contributed by atoms with van der Waals surface area (Å²) in [5.41, 5.74) is 2.49. The second kappa shape index (κ2) is 8.67. The number of aromatic nitrogens is 3. The van der Waals surface area contributed by atoms with Crippen LogP contribution < -0.4 is 5.43 Å². The fourth-order valence-electron chi connectivity index (χ4n) is 3.38. The lowest BCUT2D eigenvalue weighted by atomic mass is 10.1. The number of benzene rings is 1. The summed E-state index contributed by atoms with van der Waals surface area (Å²) in [5.74, 6) is -1.28. The number of ketones is 1. The summed E-state index contributed by atoms with van der Waals surface area (Å²) in [6.07, 6.45) is 0. The maximum Gasteiger partial charge on any atom is 0.363 e. The van der Waals surface area contributed by atoms with Crippen LogP contribution in [0.25, 0.3) is 5.69 Å². The Morgan fingerprint density at radius 1 is 1.07 bits per heavy atom. The van der Waals surface area contributed by atoms with E-state index < -0.39 is 18.0 Å². The molecule has 7 nitrogen and oxygen atoms in total. The summed E-state index contributed by atoms with van der Waals surface area (Å²) in [7, 11) is 0. The van der Waals surface area contributed by atoms with Gasteiger partial charge in [0.2, 0.25) is 16.9 Å². The number of halogens is 1. The molecule has 0 atom stereocenters. The van der Waals surface area contributed by atoms with Crippen molar-refractivity contribution in [2.75, 3.05) is 6.61 Å². The van der Waals surface area contributed by atoms with E-state index in [9.17, 15) is 14.4 Å². The number of hydrogen-bond acceptors (Lipinski definition) is 5. The van der Waals surface area contributed by atoms with Gasteiger partial charge in [-0.3, -0.25) is 9.59 Å². The van der Waals surface area contributed by atoms with Crippen molar-refractivity contribution in [2.24, 2.45) is 0 Å². The van der Waals surface area contributed by atoms with E-state index in [-0.39, 0.29) is 11.5 Å². The first-order chi connectivity index (χ1) is 14.2. The molecule has 0 amide bonds. The van der Waals surface area contributed by atoms with Gasteiger partial charge in [0.05, 0.1) is 5.69 Å². The lowest BCUT2D eigenvalue weighted by Gasteiger charge is -2.11. The smallest absolute Gasteiger partial charge is 0.363 e. The molecule has 2 aromatic heterocycles. The summed E-state index contributed by atoms with van der Waals surface area (Å²) in [6.45, 7) is 7.71. The van der Waals surface area contributed by atoms with Crippen LogP contribution in [0.5, 0.6) is 0 Å². The van der Waals surface area contributed by atoms with Crippen LogP contribution in [0.15, 0.2) is 41.2 Å². The molecule has 0 saturated heterocycles. The minimum absolute atomic E-state index is 0.332. The van der Waals surface area contributed by atoms with Gasteiger partial charge in [-0.1, -0.05) is 11.6 Å². The van der Waals surface area contributed by atoms with E-state index in [0.717, 1.165) is 17.9 Å². The maximum atomic E-state index is 12.5. The average molecular weight is 428 g/mol. The first-order valence-electron chi connectivity index (χ1n) is 9.47. The summed E-state index contributed by atoms with van der Waals surface area (Å²) in [5, 5.41) is 4.70. The van der Waals surface area contributed by atoms with Crippen molar-refractivity contribution in [3.63, 3.8) is 0 Å². The number of Topliss-reactive ketones (excluding diaryl/α,β-unsaturated/α-hetero) is 1. The Hall–Kier alpha value is -3.19. The molecule has 0 radical (unpaired) electrons. The molecule has 0 bridgehead atoms. The molecule has 0 unspecified atom stereocenters. The van der Waals surface area contributed by atoms with E-state index in [1.165, 1.54) is 10.7 Å². The zero-order valence-corrected chi connectivity index (χ0v) is 18.0. The fraction of sp³-hybridized carbons (Fsp3) is 0.273. The van der Waals surface area contributed by atoms with Crippen LogP contribution in [0.3, 0.4) is 0 Å². The molecule has 0 fully saturated rings. The van der Waals surface area contributed by atoms with Gasteiger partial charge in [-0.2, -0.15) is 5.10 Å². The van der Waals surface area contributed by atoms with E-state index in [4.69, 9.17) is 16.3 Å². The van der Waals surface area contributed by atoms with Gasteiger partial charge < -0.3 is 9.30 Å². The second-order valence-corrected chi connectivity index (χ2v) is 7.35. The van der Waals surface area contributed by atoms with Gasteiger partial charge in [0.15, 0.2) is 6.61 Å². The predicted octanol–water partition coefficient (Wildman–Crippen LogP) is 3.67. The van der Waals surface area contributed by atoms with Gasteiger partial charge in [-0.25, -0.2) is 9.48 Å². The molecule has 0 spiro atoms. The number of rotatable bonds is 6. The molecule has 30 heavy (non-hydrogen) atoms. The largest absolute Gasteiger partial charge is 0.452 e. The number of carbonyl (C=O) groups is 2. The van der Waals surface area contributed by atoms with Gasteiger partial charge in [-0.05, 0) is 58.0 Å². The molecule has 156 valence electrons. The average Bonchev–Trinajstić information content (AvgIpc) is 3.00. The molecule has 3 rings (SSSR count). The van der Waals surface area contributed by atoms with Gasteiger partial charge >= 0.3 is 5.97 Å². The Labute approximate surface area is 178 Å². The van der Waals surface area contributed by atoms with Gasteiger partial charge in [-0.15, -0.1) is 0 Å². The highest BCUT2D eigenvalue weighted by molar-refractivity contribution is 6.30. The lowest BCUT2D eigenvalue weighted by molar-refractivity contribution is 0.0465. The van der Waals surface area contributed by atoms with Crippen molar-refractivity contribution >= 4 is 23.4 Å². The number of esters is 1. The van der Waals surface area contributed by atoms with Crippen molar-refractivity contribution in [1.29, 1.82) is 0 Å². The Bertz CT molecular complexity index is 1180. The molecular weight excluding hydrogens is 406 g/mol. The third kappa shape index (κ3) is 4.21. The molecule has 0 N–H and O–H groups in total. The topological polar surface area (TPSA) is 83.2 Å². The highest BCUT2D eigenvalue weighted by atomic mass is 35.5. The molecule has 2 heterocycles. The predicted molar refractivity (Wildman–Crippen MR) is 114 cm³/mol. The summed E-state index contributed by atoms with van der Waals surface area (Å²) in [6, 6.07) is 9.87. The van der Waals surface area contributed by atoms with Gasteiger partial charge in [0.25, 0.3) is 0 Å². The minimum atomic E-state index is -0.944. The van der Waals surface area contributed by atoms with Crippen molar-refractivity contribution in [3.8, 4) is 5.69 Å². The molecule has 0 aliphatic carbocycles. The van der Waals surface area contributed by atoms with Crippen LogP contribution >= 0.6 is 11.6 Å². The summed E-state index contributed by atoms with van der Waals surface area (Å²) >= 11 is 5.91. The third-order valence-corrected chi connectivity index (χ3v) is 5.15. The van der Waals surface area contributed by atoms with Crippen LogP contribution in [-0.4, -0.2) is 32.7 Å². The summed E-state index contributed by atoms with van der Waals surface area (Å²) in [4.78, 5) is 37.3. The van der Waals surface area contributed by atoms with E-state index in [0.29, 0.717) is 22.0 Å². The lowest BCUT2D eigenvalue weighted by Crippen LogP contribution is -2.25. The van der Waals surface area contributed by atoms with Crippen molar-refractivity contribution < 1.29 is 14.3 Å². The molecule has 0 saturated carbocycles. The molecule has 1 aromatic carbocycles. The molecule has 0 aliphatic rings. The van der Waals surface area contributed by atoms with Crippen LogP contribution in [0.1, 0.15) is 44.9 Å². The number of ether oxygens (including phenoxy) is 1. The standard InChI is InChI=1S/C22H22ClN3O4/c1-5-25-13(2)10-18(15(25)4)20(28)12-30-22(29)21-19(27)11-14(3)26(24-21)17-8-6-16(23)7-9-17/h6-11H,5,12H2,1-4H3. The number of nitrogens with zero attached hydrogens (tertiary/aromatic N) is 3. The number of hydrogen-bond donors (Lipinski definition) is 0. The van der Waals surface area contributed by atoms with Crippen LogP contribution in [0.2, 0.25) is 5.02 Å². The Balaban J connectivity index is 1.82. The van der Waals surface area contributed by atoms with E-state index >= 15 is 0 Å². The maximum absolute atomic E-state index is 12.5. The zero-order chi connectivity index (χ0) is 22.0. The molecule has 3 aromatic rings. The van der Waals surface area contributed by atoms with Crippen LogP contribution in [-0.2, 0) is 11.3 Å².